The molecule has 2 rings (SSSR count). The predicted octanol–water partition coefficient (Wildman–Crippen LogP) is 2.03. The van der Waals surface area contributed by atoms with Crippen LogP contribution in [0.3, 0.4) is 0 Å². The predicted molar refractivity (Wildman–Crippen MR) is 72.2 cm³/mol. The zero-order valence-corrected chi connectivity index (χ0v) is 11.1. The summed E-state index contributed by atoms with van der Waals surface area (Å²) in [5.41, 5.74) is 6.71. The summed E-state index contributed by atoms with van der Waals surface area (Å²) in [4.78, 5) is 13.2. The van der Waals surface area contributed by atoms with Gasteiger partial charge in [-0.05, 0) is 37.5 Å². The number of anilines is 1. The highest BCUT2D eigenvalue weighted by Crippen LogP contribution is 2.28. The highest BCUT2D eigenvalue weighted by Gasteiger charge is 2.38. The minimum atomic E-state index is -1.16. The number of benzene rings is 1. The lowest BCUT2D eigenvalue weighted by atomic mass is 9.90. The minimum Gasteiger partial charge on any atom is -0.480 e. The van der Waals surface area contributed by atoms with Crippen molar-refractivity contribution in [3.05, 3.63) is 28.8 Å². The molecule has 3 N–H and O–H groups in total. The number of carboxylic acid groups (broad SMARTS) is 1. The zero-order chi connectivity index (χ0) is 13.3. The molecule has 0 spiro atoms. The lowest BCUT2D eigenvalue weighted by Gasteiger charge is -2.38. The van der Waals surface area contributed by atoms with E-state index in [0.29, 0.717) is 18.0 Å². The van der Waals surface area contributed by atoms with Crippen LogP contribution in [0.15, 0.2) is 18.2 Å². The molecule has 1 saturated heterocycles. The molecular formula is C13H17ClN2O2. The Hall–Kier alpha value is -1.26. The van der Waals surface area contributed by atoms with Crippen LogP contribution in [0, 0.1) is 6.92 Å². The Kier molecular flexibility index (Phi) is 3.50. The van der Waals surface area contributed by atoms with Crippen molar-refractivity contribution in [2.45, 2.75) is 25.3 Å². The topological polar surface area (TPSA) is 66.6 Å². The van der Waals surface area contributed by atoms with Gasteiger partial charge in [0.05, 0.1) is 0 Å². The van der Waals surface area contributed by atoms with Crippen molar-refractivity contribution in [2.75, 3.05) is 18.0 Å². The fourth-order valence-electron chi connectivity index (χ4n) is 2.26. The number of hydrogen-bond donors (Lipinski definition) is 2. The van der Waals surface area contributed by atoms with Gasteiger partial charge in [0.25, 0.3) is 0 Å². The van der Waals surface area contributed by atoms with Gasteiger partial charge in [0.1, 0.15) is 5.54 Å². The van der Waals surface area contributed by atoms with Gasteiger partial charge in [-0.1, -0.05) is 17.7 Å². The van der Waals surface area contributed by atoms with Crippen LogP contribution in [0.2, 0.25) is 5.02 Å². The molecule has 0 radical (unpaired) electrons. The summed E-state index contributed by atoms with van der Waals surface area (Å²) in [5, 5.41) is 9.87. The third-order valence-electron chi connectivity index (χ3n) is 3.47. The Balaban J connectivity index is 2.23. The standard InChI is InChI=1S/C13H17ClN2O2/c1-9-3-4-10(7-11(9)14)16-6-2-5-13(15,8-16)12(17)18/h3-4,7H,2,5-6,8,15H2,1H3,(H,17,18). The smallest absolute Gasteiger partial charge is 0.325 e. The third-order valence-corrected chi connectivity index (χ3v) is 3.88. The summed E-state index contributed by atoms with van der Waals surface area (Å²) in [6.45, 7) is 3.07. The molecule has 0 amide bonds. The first-order valence-electron chi connectivity index (χ1n) is 5.96. The van der Waals surface area contributed by atoms with Crippen LogP contribution >= 0.6 is 11.6 Å². The van der Waals surface area contributed by atoms with E-state index < -0.39 is 11.5 Å². The van der Waals surface area contributed by atoms with Crippen LogP contribution in [0.5, 0.6) is 0 Å². The maximum atomic E-state index is 11.2. The fraction of sp³-hybridized carbons (Fsp3) is 0.462. The van der Waals surface area contributed by atoms with Gasteiger partial charge in [0.2, 0.25) is 0 Å². The molecule has 0 aromatic heterocycles. The monoisotopic (exact) mass is 268 g/mol. The number of nitrogens with two attached hydrogens (primary N) is 1. The van der Waals surface area contributed by atoms with Crippen LogP contribution in [0.1, 0.15) is 18.4 Å². The first-order chi connectivity index (χ1) is 8.42. The van der Waals surface area contributed by atoms with Crippen molar-refractivity contribution < 1.29 is 9.90 Å². The average molecular weight is 269 g/mol. The van der Waals surface area contributed by atoms with Crippen molar-refractivity contribution in [2.24, 2.45) is 5.73 Å². The zero-order valence-electron chi connectivity index (χ0n) is 10.3. The molecule has 0 aliphatic carbocycles. The van der Waals surface area contributed by atoms with E-state index >= 15 is 0 Å². The second-order valence-corrected chi connectivity index (χ2v) is 5.33. The second kappa shape index (κ2) is 4.78. The number of aryl methyl sites for hydroxylation is 1. The number of hydrogen-bond acceptors (Lipinski definition) is 3. The molecule has 1 heterocycles. The highest BCUT2D eigenvalue weighted by atomic mass is 35.5. The summed E-state index contributed by atoms with van der Waals surface area (Å²) >= 11 is 6.09. The number of rotatable bonds is 2. The summed E-state index contributed by atoms with van der Waals surface area (Å²) < 4.78 is 0. The largest absolute Gasteiger partial charge is 0.480 e. The van der Waals surface area contributed by atoms with E-state index in [9.17, 15) is 9.90 Å². The number of carboxylic acids is 1. The van der Waals surface area contributed by atoms with Crippen LogP contribution in [0.25, 0.3) is 0 Å². The quantitative estimate of drug-likeness (QED) is 0.861. The van der Waals surface area contributed by atoms with Gasteiger partial charge in [-0.3, -0.25) is 4.79 Å². The molecule has 4 nitrogen and oxygen atoms in total. The molecule has 1 aromatic rings. The summed E-state index contributed by atoms with van der Waals surface area (Å²) in [6.07, 6.45) is 1.28. The van der Waals surface area contributed by atoms with E-state index in [4.69, 9.17) is 17.3 Å². The summed E-state index contributed by atoms with van der Waals surface area (Å²) in [5.74, 6) is -0.939. The van der Waals surface area contributed by atoms with E-state index in [0.717, 1.165) is 24.2 Å². The van der Waals surface area contributed by atoms with Crippen LogP contribution in [0.4, 0.5) is 5.69 Å². The van der Waals surface area contributed by atoms with Crippen molar-refractivity contribution in [1.29, 1.82) is 0 Å². The van der Waals surface area contributed by atoms with Crippen molar-refractivity contribution in [1.82, 2.24) is 0 Å². The summed E-state index contributed by atoms with van der Waals surface area (Å²) in [6, 6.07) is 5.75. The Morgan fingerprint density at radius 2 is 2.28 bits per heavy atom. The van der Waals surface area contributed by atoms with E-state index in [1.54, 1.807) is 0 Å². The normalized spacial score (nSPS) is 24.1. The molecule has 1 aliphatic rings. The molecule has 1 atom stereocenters. The lowest BCUT2D eigenvalue weighted by Crippen LogP contribution is -2.59. The van der Waals surface area contributed by atoms with Gasteiger partial charge in [0.15, 0.2) is 0 Å². The third kappa shape index (κ3) is 2.44. The van der Waals surface area contributed by atoms with Crippen molar-refractivity contribution in [3.8, 4) is 0 Å². The lowest BCUT2D eigenvalue weighted by molar-refractivity contribution is -0.143. The minimum absolute atomic E-state index is 0.321. The Morgan fingerprint density at radius 1 is 1.56 bits per heavy atom. The second-order valence-electron chi connectivity index (χ2n) is 4.92. The first kappa shape index (κ1) is 13.2. The molecule has 0 bridgehead atoms. The van der Waals surface area contributed by atoms with Gasteiger partial charge in [0, 0.05) is 23.8 Å². The van der Waals surface area contributed by atoms with Gasteiger partial charge in [-0.25, -0.2) is 0 Å². The van der Waals surface area contributed by atoms with E-state index in [1.165, 1.54) is 0 Å². The molecule has 0 saturated carbocycles. The van der Waals surface area contributed by atoms with Crippen LogP contribution in [-0.2, 0) is 4.79 Å². The number of aliphatic carboxylic acids is 1. The number of piperidine rings is 1. The van der Waals surface area contributed by atoms with Crippen molar-refractivity contribution >= 4 is 23.3 Å². The average Bonchev–Trinajstić information content (AvgIpc) is 2.32. The molecule has 1 unspecified atom stereocenters. The van der Waals surface area contributed by atoms with Gasteiger partial charge >= 0.3 is 5.97 Å². The number of halogens is 1. The molecule has 98 valence electrons. The number of carbonyl (C=O) groups is 1. The molecular weight excluding hydrogens is 252 g/mol. The van der Waals surface area contributed by atoms with Crippen LogP contribution < -0.4 is 10.6 Å². The maximum Gasteiger partial charge on any atom is 0.325 e. The van der Waals surface area contributed by atoms with E-state index in [-0.39, 0.29) is 0 Å². The Bertz CT molecular complexity index is 478. The molecule has 18 heavy (non-hydrogen) atoms. The van der Waals surface area contributed by atoms with Gasteiger partial charge in [-0.15, -0.1) is 0 Å². The number of nitrogens with zero attached hydrogens (tertiary/aromatic N) is 1. The first-order valence-corrected chi connectivity index (χ1v) is 6.33. The SMILES string of the molecule is Cc1ccc(N2CCCC(N)(C(=O)O)C2)cc1Cl. The molecule has 1 aromatic carbocycles. The maximum absolute atomic E-state index is 11.2. The fourth-order valence-corrected chi connectivity index (χ4v) is 2.43. The Labute approximate surface area is 111 Å². The van der Waals surface area contributed by atoms with Gasteiger partial charge in [-0.2, -0.15) is 0 Å². The van der Waals surface area contributed by atoms with E-state index in [1.807, 2.05) is 30.0 Å². The van der Waals surface area contributed by atoms with Crippen LogP contribution in [-0.4, -0.2) is 29.7 Å². The molecule has 1 aliphatic heterocycles. The Morgan fingerprint density at radius 3 is 2.89 bits per heavy atom. The molecule has 1 fully saturated rings. The molecule has 5 heteroatoms. The van der Waals surface area contributed by atoms with E-state index in [2.05, 4.69) is 0 Å². The van der Waals surface area contributed by atoms with Crippen molar-refractivity contribution in [3.63, 3.8) is 0 Å². The highest BCUT2D eigenvalue weighted by molar-refractivity contribution is 6.31. The summed E-state index contributed by atoms with van der Waals surface area (Å²) in [7, 11) is 0. The van der Waals surface area contributed by atoms with Gasteiger partial charge < -0.3 is 15.7 Å².